The molecule has 0 aliphatic rings. The van der Waals surface area contributed by atoms with Gasteiger partial charge in [-0.05, 0) is 48.3 Å². The van der Waals surface area contributed by atoms with Crippen LogP contribution in [-0.4, -0.2) is 35.8 Å². The lowest BCUT2D eigenvalue weighted by Crippen LogP contribution is -2.41. The van der Waals surface area contributed by atoms with Crippen LogP contribution in [0.5, 0.6) is 5.75 Å². The van der Waals surface area contributed by atoms with Gasteiger partial charge < -0.3 is 13.6 Å². The van der Waals surface area contributed by atoms with E-state index in [1.807, 2.05) is 53.1 Å². The van der Waals surface area contributed by atoms with Gasteiger partial charge in [0.05, 0.1) is 23.3 Å². The van der Waals surface area contributed by atoms with Crippen LogP contribution in [0.3, 0.4) is 0 Å². The van der Waals surface area contributed by atoms with E-state index in [0.717, 1.165) is 28.0 Å². The predicted octanol–water partition coefficient (Wildman–Crippen LogP) is 7.79. The number of non-ortho nitro benzene ring substituents is 1. The van der Waals surface area contributed by atoms with Gasteiger partial charge in [0.25, 0.3) is 5.69 Å². The molecule has 0 amide bonds. The molecule has 2 aromatic heterocycles. The minimum Gasteiger partial charge on any atom is -0.490 e. The van der Waals surface area contributed by atoms with Gasteiger partial charge in [-0.15, -0.1) is 0 Å². The average molecular weight is 530 g/mol. The van der Waals surface area contributed by atoms with Gasteiger partial charge in [0.15, 0.2) is 8.32 Å². The van der Waals surface area contributed by atoms with Gasteiger partial charge >= 0.3 is 0 Å². The highest BCUT2D eigenvalue weighted by atomic mass is 28.4. The summed E-state index contributed by atoms with van der Waals surface area (Å²) in [6.07, 6.45) is 7.97. The molecule has 2 heterocycles. The number of nitro benzene ring substituents is 1. The lowest BCUT2D eigenvalue weighted by molar-refractivity contribution is -0.384. The molecule has 0 saturated heterocycles. The van der Waals surface area contributed by atoms with Crippen LogP contribution < -0.4 is 4.74 Å². The number of pyridine rings is 1. The molecule has 2 aromatic carbocycles. The number of hydrogen-bond acceptors (Lipinski definition) is 5. The van der Waals surface area contributed by atoms with Gasteiger partial charge in [0.1, 0.15) is 18.0 Å². The van der Waals surface area contributed by atoms with Crippen molar-refractivity contribution in [3.05, 3.63) is 93.8 Å². The number of hydrogen-bond donors (Lipinski definition) is 0. The maximum atomic E-state index is 11.3. The molecule has 0 aliphatic heterocycles. The van der Waals surface area contributed by atoms with E-state index < -0.39 is 13.2 Å². The number of ether oxygens (including phenoxy) is 1. The van der Waals surface area contributed by atoms with Crippen LogP contribution in [0.1, 0.15) is 37.5 Å². The largest absolute Gasteiger partial charge is 0.490 e. The van der Waals surface area contributed by atoms with Crippen LogP contribution in [0, 0.1) is 17.0 Å². The summed E-state index contributed by atoms with van der Waals surface area (Å²) in [6, 6.07) is 16.9. The van der Waals surface area contributed by atoms with Crippen molar-refractivity contribution in [1.29, 1.82) is 0 Å². The van der Waals surface area contributed by atoms with Crippen molar-refractivity contribution in [2.75, 3.05) is 13.2 Å². The quantitative estimate of drug-likeness (QED) is 0.0727. The summed E-state index contributed by atoms with van der Waals surface area (Å²) in [5.74, 6) is 0.464. The Hall–Kier alpha value is -3.75. The van der Waals surface area contributed by atoms with Crippen molar-refractivity contribution in [1.82, 2.24) is 9.38 Å². The van der Waals surface area contributed by atoms with Crippen molar-refractivity contribution in [2.45, 2.75) is 45.8 Å². The van der Waals surface area contributed by atoms with Crippen molar-refractivity contribution in [3.63, 3.8) is 0 Å². The maximum absolute atomic E-state index is 11.3. The first-order valence-corrected chi connectivity index (χ1v) is 15.6. The number of aryl methyl sites for hydroxylation is 1. The first-order valence-electron chi connectivity index (χ1n) is 12.7. The molecule has 7 nitrogen and oxygen atoms in total. The zero-order valence-corrected chi connectivity index (χ0v) is 23.9. The molecule has 0 unspecified atom stereocenters. The number of aromatic nitrogens is 2. The predicted molar refractivity (Wildman–Crippen MR) is 156 cm³/mol. The third kappa shape index (κ3) is 6.38. The van der Waals surface area contributed by atoms with Crippen molar-refractivity contribution in [3.8, 4) is 17.0 Å². The number of benzene rings is 2. The first kappa shape index (κ1) is 27.3. The standard InChI is InChI=1S/C30H35N3O4Si/c1-22-7-16-29-31-27(21-32(29)20-22)24-11-8-23(9-12-24)10-13-25-14-15-26(33(34)35)19-28(25)36-17-18-37-38(5,6)30(2,3)4/h7-16,19-21H,17-18H2,1-6H3/b13-10+. The SMILES string of the molecule is Cc1ccc2nc(-c3ccc(/C=C/c4ccc([N+](=O)[O-])cc4OCCO[Si](C)(C)C(C)(C)C)cc3)cn2c1. The van der Waals surface area contributed by atoms with E-state index in [1.54, 1.807) is 6.07 Å². The molecule has 0 fully saturated rings. The summed E-state index contributed by atoms with van der Waals surface area (Å²) in [7, 11) is -1.89. The van der Waals surface area contributed by atoms with Crippen LogP contribution in [0.2, 0.25) is 18.1 Å². The van der Waals surface area contributed by atoms with Crippen molar-refractivity contribution >= 4 is 31.8 Å². The Kier molecular flexibility index (Phi) is 7.85. The molecule has 0 bridgehead atoms. The first-order chi connectivity index (χ1) is 17.9. The molecule has 38 heavy (non-hydrogen) atoms. The molecule has 4 rings (SSSR count). The second-order valence-corrected chi connectivity index (χ2v) is 15.8. The minimum atomic E-state index is -1.89. The van der Waals surface area contributed by atoms with Crippen LogP contribution in [-0.2, 0) is 4.43 Å². The fourth-order valence-electron chi connectivity index (χ4n) is 3.76. The summed E-state index contributed by atoms with van der Waals surface area (Å²) in [5, 5.41) is 11.4. The van der Waals surface area contributed by atoms with Crippen molar-refractivity contribution in [2.24, 2.45) is 0 Å². The third-order valence-corrected chi connectivity index (χ3v) is 11.6. The number of rotatable bonds is 9. The normalized spacial score (nSPS) is 12.4. The highest BCUT2D eigenvalue weighted by Crippen LogP contribution is 2.36. The smallest absolute Gasteiger partial charge is 0.273 e. The fourth-order valence-corrected chi connectivity index (χ4v) is 4.78. The molecule has 8 heteroatoms. The Bertz CT molecular complexity index is 1470. The minimum absolute atomic E-state index is 0.00512. The van der Waals surface area contributed by atoms with Gasteiger partial charge in [-0.25, -0.2) is 4.98 Å². The highest BCUT2D eigenvalue weighted by molar-refractivity contribution is 6.74. The number of fused-ring (bicyclic) bond motifs is 1. The molecule has 0 spiro atoms. The van der Waals surface area contributed by atoms with Gasteiger partial charge in [-0.3, -0.25) is 10.1 Å². The zero-order valence-electron chi connectivity index (χ0n) is 22.9. The Morgan fingerprint density at radius 1 is 1.00 bits per heavy atom. The second kappa shape index (κ2) is 10.9. The lowest BCUT2D eigenvalue weighted by Gasteiger charge is -2.36. The highest BCUT2D eigenvalue weighted by Gasteiger charge is 2.36. The van der Waals surface area contributed by atoms with E-state index in [-0.39, 0.29) is 10.7 Å². The van der Waals surface area contributed by atoms with E-state index in [9.17, 15) is 10.1 Å². The Morgan fingerprint density at radius 3 is 2.42 bits per heavy atom. The van der Waals surface area contributed by atoms with E-state index >= 15 is 0 Å². The molecular formula is C30H35N3O4Si. The van der Waals surface area contributed by atoms with E-state index in [0.29, 0.717) is 19.0 Å². The summed E-state index contributed by atoms with van der Waals surface area (Å²) in [6.45, 7) is 13.8. The summed E-state index contributed by atoms with van der Waals surface area (Å²) < 4.78 is 14.2. The van der Waals surface area contributed by atoms with Crippen LogP contribution in [0.15, 0.2) is 67.0 Å². The van der Waals surface area contributed by atoms with Gasteiger partial charge in [-0.2, -0.15) is 0 Å². The zero-order chi connectivity index (χ0) is 27.5. The Balaban J connectivity index is 1.47. The topological polar surface area (TPSA) is 78.9 Å². The van der Waals surface area contributed by atoms with Gasteiger partial charge in [0.2, 0.25) is 0 Å². The summed E-state index contributed by atoms with van der Waals surface area (Å²) in [4.78, 5) is 15.6. The third-order valence-electron chi connectivity index (χ3n) is 7.08. The summed E-state index contributed by atoms with van der Waals surface area (Å²) in [5.41, 5.74) is 5.80. The van der Waals surface area contributed by atoms with Crippen LogP contribution in [0.4, 0.5) is 5.69 Å². The molecule has 0 N–H and O–H groups in total. The fraction of sp³-hybridized carbons (Fsp3) is 0.300. The molecule has 4 aromatic rings. The Labute approximate surface area is 225 Å². The number of nitro groups is 1. The molecule has 198 valence electrons. The number of nitrogens with zero attached hydrogens (tertiary/aromatic N) is 3. The second-order valence-electron chi connectivity index (χ2n) is 11.0. The molecule has 0 radical (unpaired) electrons. The van der Waals surface area contributed by atoms with Crippen LogP contribution in [0.25, 0.3) is 29.1 Å². The van der Waals surface area contributed by atoms with E-state index in [1.165, 1.54) is 17.7 Å². The average Bonchev–Trinajstić information content (AvgIpc) is 3.28. The van der Waals surface area contributed by atoms with Crippen molar-refractivity contribution < 1.29 is 14.1 Å². The molecule has 0 aliphatic carbocycles. The molecule has 0 atom stereocenters. The van der Waals surface area contributed by atoms with E-state index in [2.05, 4.69) is 53.1 Å². The lowest BCUT2D eigenvalue weighted by atomic mass is 10.1. The Morgan fingerprint density at radius 2 is 1.74 bits per heavy atom. The molecule has 0 saturated carbocycles. The molecular weight excluding hydrogens is 494 g/mol. The maximum Gasteiger partial charge on any atom is 0.273 e. The van der Waals surface area contributed by atoms with Gasteiger partial charge in [-0.1, -0.05) is 63.3 Å². The monoisotopic (exact) mass is 529 g/mol. The number of imidazole rings is 1. The summed E-state index contributed by atoms with van der Waals surface area (Å²) >= 11 is 0. The van der Waals surface area contributed by atoms with E-state index in [4.69, 9.17) is 14.1 Å². The van der Waals surface area contributed by atoms with Crippen LogP contribution >= 0.6 is 0 Å². The van der Waals surface area contributed by atoms with Gasteiger partial charge in [0, 0.05) is 29.6 Å².